The van der Waals surface area contributed by atoms with Gasteiger partial charge in [0, 0.05) is 18.2 Å². The van der Waals surface area contributed by atoms with Gasteiger partial charge in [0.15, 0.2) is 0 Å². The molecule has 0 unspecified atom stereocenters. The molecule has 1 amide bonds. The van der Waals surface area contributed by atoms with Gasteiger partial charge in [-0.25, -0.2) is 0 Å². The van der Waals surface area contributed by atoms with Crippen LogP contribution in [0.2, 0.25) is 0 Å². The zero-order valence-corrected chi connectivity index (χ0v) is 13.3. The molecule has 0 radical (unpaired) electrons. The van der Waals surface area contributed by atoms with Crippen LogP contribution in [0.25, 0.3) is 0 Å². The second-order valence-electron chi connectivity index (χ2n) is 6.10. The predicted molar refractivity (Wildman–Crippen MR) is 84.8 cm³/mol. The van der Waals surface area contributed by atoms with Crippen LogP contribution in [0, 0.1) is 0 Å². The number of amides is 1. The van der Waals surface area contributed by atoms with E-state index in [1.165, 1.54) is 17.7 Å². The summed E-state index contributed by atoms with van der Waals surface area (Å²) in [5.41, 5.74) is 1.67. The molecule has 1 aromatic carbocycles. The van der Waals surface area contributed by atoms with E-state index in [0.717, 1.165) is 25.2 Å². The Bertz CT molecular complexity index is 536. The molecule has 0 spiro atoms. The lowest BCUT2D eigenvalue weighted by molar-refractivity contribution is -0.138. The Morgan fingerprint density at radius 1 is 1.27 bits per heavy atom. The third-order valence-corrected chi connectivity index (χ3v) is 3.97. The number of likely N-dealkylation sites (tertiary alicyclic amines) is 1. The monoisotopic (exact) mass is 304 g/mol. The van der Waals surface area contributed by atoms with E-state index in [1.54, 1.807) is 6.07 Å². The van der Waals surface area contributed by atoms with Gasteiger partial charge in [-0.3, -0.25) is 14.5 Å². The average molecular weight is 304 g/mol. The molecule has 1 aliphatic heterocycles. The van der Waals surface area contributed by atoms with E-state index < -0.39 is 5.97 Å². The van der Waals surface area contributed by atoms with Crippen molar-refractivity contribution in [3.63, 3.8) is 0 Å². The Morgan fingerprint density at radius 3 is 2.55 bits per heavy atom. The lowest BCUT2D eigenvalue weighted by Crippen LogP contribution is -2.40. The Morgan fingerprint density at radius 2 is 1.95 bits per heavy atom. The van der Waals surface area contributed by atoms with E-state index >= 15 is 0 Å². The van der Waals surface area contributed by atoms with Crippen LogP contribution in [0.1, 0.15) is 42.6 Å². The number of hydrogen-bond donors (Lipinski definition) is 1. The van der Waals surface area contributed by atoms with Crippen molar-refractivity contribution in [2.75, 3.05) is 19.6 Å². The maximum atomic E-state index is 12.6. The highest BCUT2D eigenvalue weighted by Gasteiger charge is 2.21. The molecule has 1 N–H and O–H groups in total. The van der Waals surface area contributed by atoms with Gasteiger partial charge in [-0.05, 0) is 57.5 Å². The number of carboxylic acids is 1. The van der Waals surface area contributed by atoms with Crippen LogP contribution in [0.4, 0.5) is 0 Å². The van der Waals surface area contributed by atoms with Crippen LogP contribution in [-0.2, 0) is 11.3 Å². The van der Waals surface area contributed by atoms with Crippen LogP contribution >= 0.6 is 0 Å². The molecule has 0 bridgehead atoms. The largest absolute Gasteiger partial charge is 0.480 e. The van der Waals surface area contributed by atoms with Crippen molar-refractivity contribution in [2.24, 2.45) is 0 Å². The number of benzene rings is 1. The minimum Gasteiger partial charge on any atom is -0.480 e. The molecule has 0 saturated carbocycles. The molecule has 5 nitrogen and oxygen atoms in total. The maximum Gasteiger partial charge on any atom is 0.323 e. The van der Waals surface area contributed by atoms with Crippen molar-refractivity contribution in [1.29, 1.82) is 0 Å². The van der Waals surface area contributed by atoms with Crippen LogP contribution in [0.3, 0.4) is 0 Å². The molecule has 5 heteroatoms. The van der Waals surface area contributed by atoms with Crippen LogP contribution in [0.5, 0.6) is 0 Å². The van der Waals surface area contributed by atoms with Crippen molar-refractivity contribution in [3.8, 4) is 0 Å². The zero-order chi connectivity index (χ0) is 16.1. The quantitative estimate of drug-likeness (QED) is 0.875. The van der Waals surface area contributed by atoms with Crippen LogP contribution in [0.15, 0.2) is 24.3 Å². The summed E-state index contributed by atoms with van der Waals surface area (Å²) in [6.07, 6.45) is 2.47. The fraction of sp³-hybridized carbons (Fsp3) is 0.529. The summed E-state index contributed by atoms with van der Waals surface area (Å²) in [6.45, 7) is 6.45. The molecule has 1 saturated heterocycles. The predicted octanol–water partition coefficient (Wildman–Crippen LogP) is 2.22. The lowest BCUT2D eigenvalue weighted by atomic mass is 10.1. The number of nitrogens with zero attached hydrogens (tertiary/aromatic N) is 2. The van der Waals surface area contributed by atoms with E-state index in [0.29, 0.717) is 5.56 Å². The molecule has 0 aromatic heterocycles. The van der Waals surface area contributed by atoms with Crippen molar-refractivity contribution in [2.45, 2.75) is 39.3 Å². The molecule has 0 aliphatic carbocycles. The number of carboxylic acid groups (broad SMARTS) is 1. The molecule has 1 aliphatic rings. The van der Waals surface area contributed by atoms with E-state index in [4.69, 9.17) is 5.11 Å². The molecular formula is C17H24N2O3. The maximum absolute atomic E-state index is 12.6. The minimum atomic E-state index is -0.990. The third kappa shape index (κ3) is 4.31. The van der Waals surface area contributed by atoms with Crippen molar-refractivity contribution in [1.82, 2.24) is 9.80 Å². The van der Waals surface area contributed by atoms with Gasteiger partial charge in [0.2, 0.25) is 0 Å². The van der Waals surface area contributed by atoms with Gasteiger partial charge >= 0.3 is 5.97 Å². The van der Waals surface area contributed by atoms with E-state index in [1.807, 2.05) is 32.0 Å². The van der Waals surface area contributed by atoms with E-state index in [-0.39, 0.29) is 18.5 Å². The van der Waals surface area contributed by atoms with Crippen molar-refractivity contribution >= 4 is 11.9 Å². The average Bonchev–Trinajstić information content (AvgIpc) is 2.97. The number of rotatable bonds is 6. The first kappa shape index (κ1) is 16.5. The lowest BCUT2D eigenvalue weighted by Gasteiger charge is -2.25. The number of aliphatic carboxylic acids is 1. The fourth-order valence-corrected chi connectivity index (χ4v) is 2.80. The highest BCUT2D eigenvalue weighted by atomic mass is 16.4. The van der Waals surface area contributed by atoms with Gasteiger partial charge in [0.05, 0.1) is 0 Å². The molecule has 2 rings (SSSR count). The normalized spacial score (nSPS) is 15.2. The highest BCUT2D eigenvalue weighted by Crippen LogP contribution is 2.15. The minimum absolute atomic E-state index is 0.147. The van der Waals surface area contributed by atoms with Gasteiger partial charge in [-0.2, -0.15) is 0 Å². The third-order valence-electron chi connectivity index (χ3n) is 3.97. The summed E-state index contributed by atoms with van der Waals surface area (Å²) in [6, 6.07) is 7.39. The molecule has 1 heterocycles. The number of carbonyl (C=O) groups excluding carboxylic acids is 1. The first-order valence-corrected chi connectivity index (χ1v) is 7.81. The Balaban J connectivity index is 2.12. The molecule has 120 valence electrons. The van der Waals surface area contributed by atoms with Crippen molar-refractivity contribution in [3.05, 3.63) is 35.4 Å². The van der Waals surface area contributed by atoms with Crippen LogP contribution < -0.4 is 0 Å². The smallest absolute Gasteiger partial charge is 0.323 e. The topological polar surface area (TPSA) is 60.9 Å². The van der Waals surface area contributed by atoms with E-state index in [9.17, 15) is 9.59 Å². The van der Waals surface area contributed by atoms with Gasteiger partial charge in [0.1, 0.15) is 6.54 Å². The summed E-state index contributed by atoms with van der Waals surface area (Å²) in [5.74, 6) is -1.21. The van der Waals surface area contributed by atoms with Gasteiger partial charge in [0.25, 0.3) is 5.91 Å². The molecule has 0 atom stereocenters. The first-order chi connectivity index (χ1) is 10.5. The second-order valence-corrected chi connectivity index (χ2v) is 6.10. The standard InChI is InChI=1S/C17H24N2O3/c1-13(2)19(12-16(20)21)17(22)15-7-5-6-14(10-15)11-18-8-3-4-9-18/h5-7,10,13H,3-4,8-9,11-12H2,1-2H3,(H,20,21). The number of carbonyl (C=O) groups is 2. The van der Waals surface area contributed by atoms with Gasteiger partial charge in [-0.15, -0.1) is 0 Å². The Hall–Kier alpha value is -1.88. The SMILES string of the molecule is CC(C)N(CC(=O)O)C(=O)c1cccc(CN2CCCC2)c1. The first-order valence-electron chi connectivity index (χ1n) is 7.81. The zero-order valence-electron chi connectivity index (χ0n) is 13.3. The number of hydrogen-bond acceptors (Lipinski definition) is 3. The summed E-state index contributed by atoms with van der Waals surface area (Å²) in [4.78, 5) is 27.3. The fourth-order valence-electron chi connectivity index (χ4n) is 2.80. The summed E-state index contributed by atoms with van der Waals surface area (Å²) in [7, 11) is 0. The van der Waals surface area contributed by atoms with Crippen LogP contribution in [-0.4, -0.2) is 52.5 Å². The summed E-state index contributed by atoms with van der Waals surface area (Å²) < 4.78 is 0. The van der Waals surface area contributed by atoms with Gasteiger partial charge in [-0.1, -0.05) is 12.1 Å². The summed E-state index contributed by atoms with van der Waals surface area (Å²) in [5, 5.41) is 8.97. The van der Waals surface area contributed by atoms with Gasteiger partial charge < -0.3 is 10.0 Å². The van der Waals surface area contributed by atoms with Crippen molar-refractivity contribution < 1.29 is 14.7 Å². The highest BCUT2D eigenvalue weighted by molar-refractivity contribution is 5.96. The Labute approximate surface area is 131 Å². The molecule has 1 fully saturated rings. The van der Waals surface area contributed by atoms with E-state index in [2.05, 4.69) is 4.90 Å². The Kier molecular flexibility index (Phi) is 5.55. The summed E-state index contributed by atoms with van der Waals surface area (Å²) >= 11 is 0. The molecular weight excluding hydrogens is 280 g/mol. The molecule has 22 heavy (non-hydrogen) atoms. The second kappa shape index (κ2) is 7.40. The molecule has 1 aromatic rings.